The van der Waals surface area contributed by atoms with Crippen LogP contribution >= 0.6 is 0 Å². The van der Waals surface area contributed by atoms with Gasteiger partial charge in [0.1, 0.15) is 5.54 Å². The summed E-state index contributed by atoms with van der Waals surface area (Å²) in [6, 6.07) is -1.54. The summed E-state index contributed by atoms with van der Waals surface area (Å²) in [6.45, 7) is 6.42. The summed E-state index contributed by atoms with van der Waals surface area (Å²) in [7, 11) is 0. The van der Waals surface area contributed by atoms with Crippen LogP contribution in [0.1, 0.15) is 27.7 Å². The zero-order valence-electron chi connectivity index (χ0n) is 11.0. The van der Waals surface area contributed by atoms with E-state index in [0.29, 0.717) is 0 Å². The van der Waals surface area contributed by atoms with Gasteiger partial charge in [0.05, 0.1) is 5.54 Å². The highest BCUT2D eigenvalue weighted by atomic mass is 16.2. The lowest BCUT2D eigenvalue weighted by atomic mass is 10.1. The molecule has 0 aromatic rings. The van der Waals surface area contributed by atoms with Crippen molar-refractivity contribution < 1.29 is 9.59 Å². The summed E-state index contributed by atoms with van der Waals surface area (Å²) in [4.78, 5) is 22.9. The van der Waals surface area contributed by atoms with Crippen molar-refractivity contribution in [3.05, 3.63) is 0 Å². The zero-order valence-corrected chi connectivity index (χ0v) is 11.0. The number of primary amides is 1. The van der Waals surface area contributed by atoms with Gasteiger partial charge in [-0.3, -0.25) is 0 Å². The SMILES string of the molecule is C#CC(C)(C)NC(=O)N(NC(N)=O)C(C)(C)C#C. The molecule has 0 aliphatic heterocycles. The molecule has 6 nitrogen and oxygen atoms in total. The maximum Gasteiger partial charge on any atom is 0.338 e. The second-order valence-electron chi connectivity index (χ2n) is 4.71. The van der Waals surface area contributed by atoms with Gasteiger partial charge in [-0.15, -0.1) is 12.8 Å². The lowest BCUT2D eigenvalue weighted by Crippen LogP contribution is -2.63. The molecule has 0 bridgehead atoms. The van der Waals surface area contributed by atoms with Crippen LogP contribution in [0.4, 0.5) is 9.59 Å². The maximum absolute atomic E-state index is 12.0. The highest BCUT2D eigenvalue weighted by Crippen LogP contribution is 2.12. The van der Waals surface area contributed by atoms with Crippen LogP contribution in [0.3, 0.4) is 0 Å². The third-order valence-electron chi connectivity index (χ3n) is 2.12. The first-order chi connectivity index (χ1) is 8.05. The van der Waals surface area contributed by atoms with E-state index in [-0.39, 0.29) is 0 Å². The Morgan fingerprint density at radius 3 is 2.00 bits per heavy atom. The molecule has 0 rings (SSSR count). The summed E-state index contributed by atoms with van der Waals surface area (Å²) in [6.07, 6.45) is 10.6. The second-order valence-corrected chi connectivity index (χ2v) is 4.71. The van der Waals surface area contributed by atoms with Crippen molar-refractivity contribution in [2.24, 2.45) is 5.73 Å². The molecule has 0 saturated heterocycles. The van der Waals surface area contributed by atoms with Crippen LogP contribution in [0.15, 0.2) is 0 Å². The monoisotopic (exact) mass is 250 g/mol. The van der Waals surface area contributed by atoms with E-state index in [1.807, 2.05) is 0 Å². The molecule has 0 aromatic carbocycles. The largest absolute Gasteiger partial charge is 0.350 e. The van der Waals surface area contributed by atoms with Crippen molar-refractivity contribution in [2.45, 2.75) is 38.8 Å². The minimum absolute atomic E-state index is 0.639. The van der Waals surface area contributed by atoms with Crippen LogP contribution in [-0.4, -0.2) is 28.1 Å². The van der Waals surface area contributed by atoms with Gasteiger partial charge >= 0.3 is 12.1 Å². The summed E-state index contributed by atoms with van der Waals surface area (Å²) >= 11 is 0. The van der Waals surface area contributed by atoms with Gasteiger partial charge in [-0.1, -0.05) is 11.8 Å². The molecule has 6 heteroatoms. The van der Waals surface area contributed by atoms with Crippen molar-refractivity contribution in [2.75, 3.05) is 0 Å². The number of carbonyl (C=O) groups excluding carboxylic acids is 2. The van der Waals surface area contributed by atoms with Crippen LogP contribution in [-0.2, 0) is 0 Å². The third kappa shape index (κ3) is 4.26. The first kappa shape index (κ1) is 15.7. The Bertz CT molecular complexity index is 426. The Balaban J connectivity index is 5.14. The highest BCUT2D eigenvalue weighted by molar-refractivity contribution is 5.81. The average Bonchev–Trinajstić information content (AvgIpc) is 2.24. The fourth-order valence-electron chi connectivity index (χ4n) is 0.978. The number of carbonyl (C=O) groups is 2. The fourth-order valence-corrected chi connectivity index (χ4v) is 0.978. The third-order valence-corrected chi connectivity index (χ3v) is 2.12. The van der Waals surface area contributed by atoms with Crippen molar-refractivity contribution in [3.8, 4) is 24.7 Å². The number of nitrogens with two attached hydrogens (primary N) is 1. The van der Waals surface area contributed by atoms with E-state index in [9.17, 15) is 9.59 Å². The van der Waals surface area contributed by atoms with E-state index < -0.39 is 23.1 Å². The molecule has 18 heavy (non-hydrogen) atoms. The van der Waals surface area contributed by atoms with Crippen molar-refractivity contribution in [1.29, 1.82) is 0 Å². The van der Waals surface area contributed by atoms with Gasteiger partial charge in [-0.05, 0) is 27.7 Å². The quantitative estimate of drug-likeness (QED) is 0.489. The van der Waals surface area contributed by atoms with Crippen LogP contribution in [0.5, 0.6) is 0 Å². The molecule has 0 atom stereocenters. The molecule has 0 unspecified atom stereocenters. The van der Waals surface area contributed by atoms with E-state index in [2.05, 4.69) is 22.6 Å². The van der Waals surface area contributed by atoms with E-state index in [1.165, 1.54) is 0 Å². The fraction of sp³-hybridized carbons (Fsp3) is 0.500. The summed E-state index contributed by atoms with van der Waals surface area (Å²) in [5.41, 5.74) is 5.24. The van der Waals surface area contributed by atoms with Gasteiger partial charge in [-0.2, -0.15) is 0 Å². The molecule has 98 valence electrons. The zero-order chi connectivity index (χ0) is 14.6. The number of amides is 4. The average molecular weight is 250 g/mol. The van der Waals surface area contributed by atoms with Crippen LogP contribution < -0.4 is 16.5 Å². The number of rotatable bonds is 2. The second kappa shape index (κ2) is 5.33. The lowest BCUT2D eigenvalue weighted by Gasteiger charge is -2.35. The maximum atomic E-state index is 12.0. The number of nitrogens with zero attached hydrogens (tertiary/aromatic N) is 1. The Labute approximate surface area is 107 Å². The highest BCUT2D eigenvalue weighted by Gasteiger charge is 2.32. The number of hydrogen-bond acceptors (Lipinski definition) is 2. The van der Waals surface area contributed by atoms with Gasteiger partial charge in [0.2, 0.25) is 0 Å². The Hall–Kier alpha value is -2.34. The smallest absolute Gasteiger partial charge is 0.338 e. The summed E-state index contributed by atoms with van der Waals surface area (Å²) < 4.78 is 0. The van der Waals surface area contributed by atoms with Crippen LogP contribution in [0.25, 0.3) is 0 Å². The molecule has 0 radical (unpaired) electrons. The molecule has 0 fully saturated rings. The normalized spacial score (nSPS) is 10.8. The molecule has 0 saturated carbocycles. The molecule has 0 aliphatic rings. The number of terminal acetylenes is 2. The summed E-state index contributed by atoms with van der Waals surface area (Å²) in [5, 5.41) is 3.46. The van der Waals surface area contributed by atoms with E-state index in [1.54, 1.807) is 27.7 Å². The Morgan fingerprint density at radius 1 is 1.17 bits per heavy atom. The number of urea groups is 2. The van der Waals surface area contributed by atoms with E-state index in [0.717, 1.165) is 5.01 Å². The Morgan fingerprint density at radius 2 is 1.67 bits per heavy atom. The van der Waals surface area contributed by atoms with Crippen molar-refractivity contribution in [1.82, 2.24) is 15.8 Å². The van der Waals surface area contributed by atoms with E-state index in [4.69, 9.17) is 18.6 Å². The number of hydrogen-bond donors (Lipinski definition) is 3. The molecule has 4 amide bonds. The molecule has 0 aliphatic carbocycles. The number of hydrazine groups is 1. The minimum Gasteiger partial charge on any atom is -0.350 e. The minimum atomic E-state index is -1.05. The van der Waals surface area contributed by atoms with Gasteiger partial charge < -0.3 is 11.1 Å². The van der Waals surface area contributed by atoms with Gasteiger partial charge in [0.15, 0.2) is 0 Å². The lowest BCUT2D eigenvalue weighted by molar-refractivity contribution is 0.125. The molecule has 0 aromatic heterocycles. The first-order valence-corrected chi connectivity index (χ1v) is 5.20. The number of nitrogens with one attached hydrogen (secondary N) is 2. The van der Waals surface area contributed by atoms with Crippen LogP contribution in [0, 0.1) is 24.7 Å². The Kier molecular flexibility index (Phi) is 4.63. The first-order valence-electron chi connectivity index (χ1n) is 5.20. The molecular formula is C12H18N4O2. The topological polar surface area (TPSA) is 87.5 Å². The van der Waals surface area contributed by atoms with Crippen molar-refractivity contribution in [3.63, 3.8) is 0 Å². The molecule has 0 spiro atoms. The molecular weight excluding hydrogens is 232 g/mol. The van der Waals surface area contributed by atoms with Crippen LogP contribution in [0.2, 0.25) is 0 Å². The molecule has 4 N–H and O–H groups in total. The summed E-state index contributed by atoms with van der Waals surface area (Å²) in [5.74, 6) is 4.77. The van der Waals surface area contributed by atoms with Gasteiger partial charge in [0, 0.05) is 0 Å². The predicted octanol–water partition coefficient (Wildman–Crippen LogP) is 0.405. The van der Waals surface area contributed by atoms with Gasteiger partial charge in [0.25, 0.3) is 0 Å². The standard InChI is InChI=1S/C12H18N4O2/c1-7-11(3,4)14-10(18)16(15-9(13)17)12(5,6)8-2/h1-2H,3-6H3,(H,14,18)(H3,13,15,17). The molecule has 0 heterocycles. The predicted molar refractivity (Wildman–Crippen MR) is 68.9 cm³/mol. The van der Waals surface area contributed by atoms with Crippen molar-refractivity contribution >= 4 is 12.1 Å². The van der Waals surface area contributed by atoms with Gasteiger partial charge in [-0.25, -0.2) is 20.0 Å². The van der Waals surface area contributed by atoms with E-state index >= 15 is 0 Å².